The second-order valence-corrected chi connectivity index (χ2v) is 3.17. The molecule has 1 nitrogen and oxygen atoms in total. The summed E-state index contributed by atoms with van der Waals surface area (Å²) >= 11 is 5.85. The summed E-state index contributed by atoms with van der Waals surface area (Å²) in [5.74, 6) is 0. The van der Waals surface area contributed by atoms with Crippen molar-refractivity contribution in [3.63, 3.8) is 0 Å². The van der Waals surface area contributed by atoms with Gasteiger partial charge in [0, 0.05) is 22.8 Å². The average molecular weight is 179 g/mol. The van der Waals surface area contributed by atoms with Gasteiger partial charge in [0.1, 0.15) is 0 Å². The zero-order chi connectivity index (χ0) is 8.55. The summed E-state index contributed by atoms with van der Waals surface area (Å²) in [6.45, 7) is 4.01. The fraction of sp³-hybridized carbons (Fsp3) is 0.100. The lowest BCUT2D eigenvalue weighted by atomic mass is 10.2. The highest BCUT2D eigenvalue weighted by molar-refractivity contribution is 6.31. The standard InChI is InChI=1S/C10H9ClN/c1-2-12-6-8-3-4-10(11)5-9(8)7-12/h2-7H,1H3. The maximum Gasteiger partial charge on any atom is 0.0507 e. The third kappa shape index (κ3) is 1.21. The van der Waals surface area contributed by atoms with Gasteiger partial charge in [-0.15, -0.1) is 0 Å². The smallest absolute Gasteiger partial charge is 0.0507 e. The van der Waals surface area contributed by atoms with E-state index >= 15 is 0 Å². The molecule has 0 aliphatic carbocycles. The van der Waals surface area contributed by atoms with E-state index in [-0.39, 0.29) is 0 Å². The van der Waals surface area contributed by atoms with Gasteiger partial charge in [0.15, 0.2) is 0 Å². The molecule has 2 aromatic rings. The largest absolute Gasteiger partial charge is 0.348 e. The number of fused-ring (bicyclic) bond motifs is 1. The third-order valence-electron chi connectivity index (χ3n) is 1.92. The minimum Gasteiger partial charge on any atom is -0.348 e. The molecule has 0 saturated heterocycles. The van der Waals surface area contributed by atoms with Crippen molar-refractivity contribution in [1.29, 1.82) is 0 Å². The molecule has 0 atom stereocenters. The Labute approximate surface area is 76.6 Å². The first kappa shape index (κ1) is 7.69. The molecule has 0 bridgehead atoms. The summed E-state index contributed by atoms with van der Waals surface area (Å²) in [7, 11) is 0. The summed E-state index contributed by atoms with van der Waals surface area (Å²) in [5, 5.41) is 3.19. The van der Waals surface area contributed by atoms with Crippen molar-refractivity contribution in [3.8, 4) is 0 Å². The number of rotatable bonds is 1. The van der Waals surface area contributed by atoms with Gasteiger partial charge in [0.05, 0.1) is 6.54 Å². The summed E-state index contributed by atoms with van der Waals surface area (Å²) < 4.78 is 2.03. The second kappa shape index (κ2) is 2.83. The molecule has 0 unspecified atom stereocenters. The van der Waals surface area contributed by atoms with Crippen molar-refractivity contribution in [1.82, 2.24) is 4.57 Å². The van der Waals surface area contributed by atoms with Crippen molar-refractivity contribution in [2.45, 2.75) is 6.92 Å². The van der Waals surface area contributed by atoms with Crippen LogP contribution in [-0.4, -0.2) is 4.57 Å². The molecule has 1 radical (unpaired) electrons. The van der Waals surface area contributed by atoms with Crippen molar-refractivity contribution >= 4 is 22.4 Å². The zero-order valence-corrected chi connectivity index (χ0v) is 7.55. The number of nitrogens with zero attached hydrogens (tertiary/aromatic N) is 1. The normalized spacial score (nSPS) is 10.8. The molecule has 0 aliphatic rings. The van der Waals surface area contributed by atoms with Crippen LogP contribution in [0, 0.1) is 6.54 Å². The fourth-order valence-corrected chi connectivity index (χ4v) is 1.46. The highest BCUT2D eigenvalue weighted by Crippen LogP contribution is 2.20. The second-order valence-electron chi connectivity index (χ2n) is 2.74. The van der Waals surface area contributed by atoms with E-state index < -0.39 is 0 Å². The number of hydrogen-bond donors (Lipinski definition) is 0. The molecule has 2 heteroatoms. The first-order valence-corrected chi connectivity index (χ1v) is 4.23. The molecule has 61 valence electrons. The van der Waals surface area contributed by atoms with E-state index in [1.54, 1.807) is 0 Å². The van der Waals surface area contributed by atoms with Crippen LogP contribution in [-0.2, 0) is 0 Å². The van der Waals surface area contributed by atoms with Crippen molar-refractivity contribution < 1.29 is 0 Å². The van der Waals surface area contributed by atoms with Crippen molar-refractivity contribution in [3.05, 3.63) is 42.2 Å². The SMILES string of the molecule is C[CH]n1cc2ccc(Cl)cc2c1. The number of benzene rings is 1. The van der Waals surface area contributed by atoms with Gasteiger partial charge in [0.25, 0.3) is 0 Å². The highest BCUT2D eigenvalue weighted by Gasteiger charge is 1.97. The summed E-state index contributed by atoms with van der Waals surface area (Å²) in [4.78, 5) is 0. The summed E-state index contributed by atoms with van der Waals surface area (Å²) in [6, 6.07) is 5.90. The Morgan fingerprint density at radius 1 is 1.25 bits per heavy atom. The van der Waals surface area contributed by atoms with Crippen LogP contribution in [0.3, 0.4) is 0 Å². The Morgan fingerprint density at radius 3 is 2.75 bits per heavy atom. The minimum absolute atomic E-state index is 0.788. The van der Waals surface area contributed by atoms with Crippen LogP contribution in [0.1, 0.15) is 6.92 Å². The van der Waals surface area contributed by atoms with Gasteiger partial charge in [-0.1, -0.05) is 17.7 Å². The van der Waals surface area contributed by atoms with Gasteiger partial charge in [-0.25, -0.2) is 0 Å². The topological polar surface area (TPSA) is 4.93 Å². The molecule has 2 rings (SSSR count). The van der Waals surface area contributed by atoms with Gasteiger partial charge in [-0.2, -0.15) is 0 Å². The molecule has 0 saturated carbocycles. The van der Waals surface area contributed by atoms with E-state index in [0.717, 1.165) is 5.02 Å². The van der Waals surface area contributed by atoms with Crippen LogP contribution < -0.4 is 0 Å². The number of halogens is 1. The molecular formula is C10H9ClN. The molecule has 1 aromatic carbocycles. The molecule has 0 aliphatic heterocycles. The Hall–Kier alpha value is -0.950. The highest BCUT2D eigenvalue weighted by atomic mass is 35.5. The van der Waals surface area contributed by atoms with E-state index in [1.807, 2.05) is 36.2 Å². The van der Waals surface area contributed by atoms with E-state index in [0.29, 0.717) is 0 Å². The van der Waals surface area contributed by atoms with Gasteiger partial charge in [0.2, 0.25) is 0 Å². The van der Waals surface area contributed by atoms with E-state index in [2.05, 4.69) is 12.4 Å². The maximum atomic E-state index is 5.85. The summed E-state index contributed by atoms with van der Waals surface area (Å²) in [6.07, 6.45) is 4.13. The lowest BCUT2D eigenvalue weighted by molar-refractivity contribution is 0.977. The van der Waals surface area contributed by atoms with Gasteiger partial charge in [-0.05, 0) is 24.4 Å². The molecule has 0 amide bonds. The van der Waals surface area contributed by atoms with Crippen LogP contribution >= 0.6 is 11.6 Å². The number of aromatic nitrogens is 1. The minimum atomic E-state index is 0.788. The van der Waals surface area contributed by atoms with E-state index in [4.69, 9.17) is 11.6 Å². The Balaban J connectivity index is 2.67. The molecular weight excluding hydrogens is 170 g/mol. The van der Waals surface area contributed by atoms with Crippen LogP contribution in [0.2, 0.25) is 5.02 Å². The third-order valence-corrected chi connectivity index (χ3v) is 2.16. The lowest BCUT2D eigenvalue weighted by Crippen LogP contribution is -1.82. The quantitative estimate of drug-likeness (QED) is 0.632. The van der Waals surface area contributed by atoms with Crippen molar-refractivity contribution in [2.75, 3.05) is 0 Å². The first-order chi connectivity index (χ1) is 5.79. The monoisotopic (exact) mass is 178 g/mol. The van der Waals surface area contributed by atoms with Gasteiger partial charge >= 0.3 is 0 Å². The molecule has 0 fully saturated rings. The first-order valence-electron chi connectivity index (χ1n) is 3.86. The number of hydrogen-bond acceptors (Lipinski definition) is 0. The molecule has 1 aromatic heterocycles. The predicted molar refractivity (Wildman–Crippen MR) is 52.3 cm³/mol. The average Bonchev–Trinajstić information content (AvgIpc) is 2.46. The van der Waals surface area contributed by atoms with Gasteiger partial charge in [-0.3, -0.25) is 0 Å². The maximum absolute atomic E-state index is 5.85. The van der Waals surface area contributed by atoms with Crippen molar-refractivity contribution in [2.24, 2.45) is 0 Å². The van der Waals surface area contributed by atoms with Crippen LogP contribution in [0.5, 0.6) is 0 Å². The molecule has 12 heavy (non-hydrogen) atoms. The Kier molecular flexibility index (Phi) is 1.81. The Morgan fingerprint density at radius 2 is 2.00 bits per heavy atom. The van der Waals surface area contributed by atoms with Crippen LogP contribution in [0.4, 0.5) is 0 Å². The zero-order valence-electron chi connectivity index (χ0n) is 6.79. The summed E-state index contributed by atoms with van der Waals surface area (Å²) in [5.41, 5.74) is 0. The molecule has 0 spiro atoms. The fourth-order valence-electron chi connectivity index (χ4n) is 1.28. The van der Waals surface area contributed by atoms with Crippen LogP contribution in [0.25, 0.3) is 10.8 Å². The Bertz CT molecular complexity index is 403. The molecule has 0 N–H and O–H groups in total. The van der Waals surface area contributed by atoms with E-state index in [9.17, 15) is 0 Å². The van der Waals surface area contributed by atoms with Gasteiger partial charge < -0.3 is 4.57 Å². The van der Waals surface area contributed by atoms with Crippen LogP contribution in [0.15, 0.2) is 30.6 Å². The lowest BCUT2D eigenvalue weighted by Gasteiger charge is -1.89. The predicted octanol–water partition coefficient (Wildman–Crippen LogP) is 3.32. The van der Waals surface area contributed by atoms with E-state index in [1.165, 1.54) is 10.8 Å². The molecule has 1 heterocycles.